The van der Waals surface area contributed by atoms with Crippen molar-refractivity contribution < 1.29 is 21.2 Å². The summed E-state index contributed by atoms with van der Waals surface area (Å²) in [7, 11) is 0. The van der Waals surface area contributed by atoms with Crippen molar-refractivity contribution in [1.29, 1.82) is 0 Å². The topological polar surface area (TPSA) is 12.0 Å². The molecule has 0 bridgehead atoms. The Balaban J connectivity index is 2.60. The molecule has 0 saturated carbocycles. The molecule has 0 aromatic heterocycles. The number of hydrogen-bond acceptors (Lipinski definition) is 1. The summed E-state index contributed by atoms with van der Waals surface area (Å²) in [6, 6.07) is 0. The molecule has 1 N–H and O–H groups in total. The maximum atomic E-state index is 3.40. The second-order valence-corrected chi connectivity index (χ2v) is 5.58. The fourth-order valence-electron chi connectivity index (χ4n) is 0.569. The first-order chi connectivity index (χ1) is 4.41. The molecule has 0 unspecified atom stereocenters. The van der Waals surface area contributed by atoms with E-state index in [9.17, 15) is 0 Å². The number of rotatable bonds is 6. The zero-order valence-electron chi connectivity index (χ0n) is 6.41. The molecule has 0 aliphatic rings. The summed E-state index contributed by atoms with van der Waals surface area (Å²) in [5.41, 5.74) is 0. The molecule has 0 rings (SSSR count). The van der Waals surface area contributed by atoms with Crippen LogP contribution in [0.4, 0.5) is 0 Å². The van der Waals surface area contributed by atoms with Gasteiger partial charge in [-0.05, 0) is 0 Å². The molecule has 0 amide bonds. The Morgan fingerprint density at radius 1 is 1.22 bits per heavy atom. The zero-order chi connectivity index (χ0) is 6.95. The summed E-state index contributed by atoms with van der Waals surface area (Å²) in [5, 5.41) is 3.40. The zero-order valence-corrected chi connectivity index (χ0v) is 8.57. The van der Waals surface area contributed by atoms with Crippen LogP contribution < -0.4 is 26.5 Å². The van der Waals surface area contributed by atoms with Gasteiger partial charge in [0.25, 0.3) is 0 Å². The molecule has 0 atom stereocenters. The predicted octanol–water partition coefficient (Wildman–Crippen LogP) is -1.91. The van der Waals surface area contributed by atoms with E-state index in [1.165, 1.54) is 28.4 Å². The van der Waals surface area contributed by atoms with Crippen molar-refractivity contribution in [1.82, 2.24) is 5.32 Å². The fraction of sp³-hybridized carbons (Fsp3) is 1.00. The monoisotopic (exact) mass is 242 g/mol. The minimum absolute atomic E-state index is 0.548. The molecule has 0 radical (unpaired) electrons. The number of hydrogen-bond donors (Lipinski definition) is 1. The summed E-state index contributed by atoms with van der Waals surface area (Å²) >= 11 is 0.548. The average molecular weight is 242 g/mol. The van der Waals surface area contributed by atoms with Crippen molar-refractivity contribution in [2.24, 2.45) is 0 Å². The van der Waals surface area contributed by atoms with Gasteiger partial charge in [-0.1, -0.05) is 0 Å². The van der Waals surface area contributed by atoms with Crippen LogP contribution in [0.5, 0.6) is 0 Å². The van der Waals surface area contributed by atoms with Crippen LogP contribution in [-0.4, -0.2) is 21.9 Å². The first-order valence-corrected chi connectivity index (χ1v) is 6.71. The molecule has 0 aliphatic carbocycles. The quantitative estimate of drug-likeness (QED) is 0.326. The SMILES string of the molecule is CCCNCC[I-]CC. The van der Waals surface area contributed by atoms with Crippen molar-refractivity contribution in [3.63, 3.8) is 0 Å². The van der Waals surface area contributed by atoms with Crippen LogP contribution >= 0.6 is 0 Å². The molecular weight excluding hydrogens is 225 g/mol. The van der Waals surface area contributed by atoms with Gasteiger partial charge < -0.3 is 0 Å². The third-order valence-corrected chi connectivity index (χ3v) is 3.40. The van der Waals surface area contributed by atoms with E-state index in [4.69, 9.17) is 0 Å². The van der Waals surface area contributed by atoms with Gasteiger partial charge in [0.2, 0.25) is 0 Å². The van der Waals surface area contributed by atoms with E-state index >= 15 is 0 Å². The van der Waals surface area contributed by atoms with Gasteiger partial charge in [-0.15, -0.1) is 0 Å². The third kappa shape index (κ3) is 8.69. The molecule has 9 heavy (non-hydrogen) atoms. The van der Waals surface area contributed by atoms with Crippen molar-refractivity contribution in [2.75, 3.05) is 21.9 Å². The van der Waals surface area contributed by atoms with Crippen molar-refractivity contribution in [3.8, 4) is 0 Å². The van der Waals surface area contributed by atoms with Gasteiger partial charge in [0.15, 0.2) is 0 Å². The van der Waals surface area contributed by atoms with Crippen LogP contribution in [0.2, 0.25) is 0 Å². The van der Waals surface area contributed by atoms with E-state index < -0.39 is 0 Å². The summed E-state index contributed by atoms with van der Waals surface area (Å²) in [4.78, 5) is 0. The Hall–Kier alpha value is 0.690. The van der Waals surface area contributed by atoms with Crippen LogP contribution in [0.3, 0.4) is 0 Å². The molecule has 0 saturated heterocycles. The summed E-state index contributed by atoms with van der Waals surface area (Å²) < 4.78 is 2.89. The van der Waals surface area contributed by atoms with E-state index in [2.05, 4.69) is 19.2 Å². The predicted molar refractivity (Wildman–Crippen MR) is 38.6 cm³/mol. The third-order valence-electron chi connectivity index (χ3n) is 1.02. The van der Waals surface area contributed by atoms with Crippen LogP contribution in [0.15, 0.2) is 0 Å². The summed E-state index contributed by atoms with van der Waals surface area (Å²) in [6.07, 6.45) is 1.27. The van der Waals surface area contributed by atoms with Crippen molar-refractivity contribution in [3.05, 3.63) is 0 Å². The molecule has 0 heterocycles. The van der Waals surface area contributed by atoms with Gasteiger partial charge in [0.05, 0.1) is 0 Å². The molecule has 0 aliphatic heterocycles. The number of halogens is 1. The van der Waals surface area contributed by atoms with E-state index in [0.717, 1.165) is 0 Å². The average Bonchev–Trinajstić information content (AvgIpc) is 1.89. The normalized spacial score (nSPS) is 10.4. The van der Waals surface area contributed by atoms with Crippen molar-refractivity contribution >= 4 is 0 Å². The standard InChI is InChI=1S/C7H17IN/c1-3-6-9-7-5-8-4-2/h9H,3-7H2,1-2H3/q-1. The Labute approximate surface area is 68.9 Å². The molecule has 58 valence electrons. The Morgan fingerprint density at radius 3 is 2.56 bits per heavy atom. The van der Waals surface area contributed by atoms with Gasteiger partial charge in [-0.3, -0.25) is 0 Å². The van der Waals surface area contributed by atoms with Gasteiger partial charge >= 0.3 is 68.7 Å². The first-order valence-electron chi connectivity index (χ1n) is 3.66. The van der Waals surface area contributed by atoms with Gasteiger partial charge in [-0.2, -0.15) is 0 Å². The van der Waals surface area contributed by atoms with E-state index in [-0.39, 0.29) is 0 Å². The van der Waals surface area contributed by atoms with Crippen LogP contribution in [0.1, 0.15) is 20.3 Å². The second kappa shape index (κ2) is 8.69. The number of alkyl halides is 2. The first kappa shape index (κ1) is 9.69. The van der Waals surface area contributed by atoms with Crippen LogP contribution in [0, 0.1) is 0 Å². The van der Waals surface area contributed by atoms with E-state index in [1.54, 1.807) is 0 Å². The van der Waals surface area contributed by atoms with Crippen LogP contribution in [0.25, 0.3) is 0 Å². The van der Waals surface area contributed by atoms with Gasteiger partial charge in [-0.25, -0.2) is 0 Å². The van der Waals surface area contributed by atoms with E-state index in [0.29, 0.717) is 21.2 Å². The fourth-order valence-corrected chi connectivity index (χ4v) is 2.09. The molecule has 0 aromatic carbocycles. The van der Waals surface area contributed by atoms with Crippen molar-refractivity contribution in [2.45, 2.75) is 20.3 Å². The molecule has 1 nitrogen and oxygen atoms in total. The molecule has 0 aromatic rings. The number of nitrogens with one attached hydrogen (secondary N) is 1. The Bertz CT molecular complexity index is 42.2. The molecule has 2 heteroatoms. The second-order valence-electron chi connectivity index (χ2n) is 1.90. The van der Waals surface area contributed by atoms with Gasteiger partial charge in [0, 0.05) is 0 Å². The summed E-state index contributed by atoms with van der Waals surface area (Å²) in [6.45, 7) is 6.96. The summed E-state index contributed by atoms with van der Waals surface area (Å²) in [5.74, 6) is 0. The van der Waals surface area contributed by atoms with E-state index in [1.807, 2.05) is 0 Å². The molecule has 0 spiro atoms. The van der Waals surface area contributed by atoms with Crippen LogP contribution in [-0.2, 0) is 0 Å². The Kier molecular flexibility index (Phi) is 9.36. The maximum absolute atomic E-state index is 3.40. The molecular formula is C7H17IN-. The molecule has 0 fully saturated rings. The Morgan fingerprint density at radius 2 is 2.00 bits per heavy atom. The van der Waals surface area contributed by atoms with Gasteiger partial charge in [0.1, 0.15) is 0 Å². The minimum atomic E-state index is 0.548.